The van der Waals surface area contributed by atoms with E-state index in [1.54, 1.807) is 17.8 Å². The highest BCUT2D eigenvalue weighted by Gasteiger charge is 2.15. The molecular weight excluding hydrogens is 340 g/mol. The Balaban J connectivity index is 1.74. The molecule has 3 aromatic rings. The van der Waals surface area contributed by atoms with Crippen molar-refractivity contribution in [1.29, 1.82) is 5.26 Å². The van der Waals surface area contributed by atoms with Gasteiger partial charge in [0, 0.05) is 19.2 Å². The summed E-state index contributed by atoms with van der Waals surface area (Å²) in [6, 6.07) is 11.3. The van der Waals surface area contributed by atoms with Crippen LogP contribution in [0.1, 0.15) is 17.7 Å². The lowest BCUT2D eigenvalue weighted by Crippen LogP contribution is -2.18. The van der Waals surface area contributed by atoms with E-state index in [9.17, 15) is 10.1 Å². The van der Waals surface area contributed by atoms with Crippen LogP contribution >= 0.6 is 11.6 Å². The molecule has 0 saturated carbocycles. The van der Waals surface area contributed by atoms with E-state index in [0.29, 0.717) is 22.9 Å². The molecule has 0 unspecified atom stereocenters. The molecule has 1 aromatic carbocycles. The van der Waals surface area contributed by atoms with E-state index >= 15 is 0 Å². The van der Waals surface area contributed by atoms with Gasteiger partial charge in [0.25, 0.3) is 0 Å². The number of carbonyl (C=O) groups excluding carboxylic acids is 1. The molecule has 1 amide bonds. The minimum Gasteiger partial charge on any atom is -0.309 e. The Kier molecular flexibility index (Phi) is 4.82. The Bertz CT molecular complexity index is 918. The lowest BCUT2D eigenvalue weighted by atomic mass is 10.3. The average molecular weight is 355 g/mol. The largest absolute Gasteiger partial charge is 0.309 e. The Morgan fingerprint density at radius 2 is 2.12 bits per heavy atom. The van der Waals surface area contributed by atoms with Gasteiger partial charge in [0.15, 0.2) is 5.82 Å². The van der Waals surface area contributed by atoms with Gasteiger partial charge in [-0.25, -0.2) is 4.68 Å². The predicted octanol–water partition coefficient (Wildman–Crippen LogP) is 2.93. The predicted molar refractivity (Wildman–Crippen MR) is 93.5 cm³/mol. The first kappa shape index (κ1) is 16.7. The van der Waals surface area contributed by atoms with Crippen molar-refractivity contribution in [3.8, 4) is 11.8 Å². The summed E-state index contributed by atoms with van der Waals surface area (Å²) in [5.41, 5.74) is 1.78. The SMILES string of the molecule is Cc1nn(CCC(=O)Nc2c(C#N)cnn2-c2ccccc2)cc1Cl. The number of anilines is 1. The summed E-state index contributed by atoms with van der Waals surface area (Å²) in [5.74, 6) is 0.117. The number of halogens is 1. The van der Waals surface area contributed by atoms with Crippen LogP contribution in [0.2, 0.25) is 5.02 Å². The molecule has 2 aromatic heterocycles. The molecular formula is C17H15ClN6O. The molecule has 2 heterocycles. The monoisotopic (exact) mass is 354 g/mol. The Labute approximate surface area is 149 Å². The molecule has 0 aliphatic rings. The summed E-state index contributed by atoms with van der Waals surface area (Å²) < 4.78 is 3.16. The van der Waals surface area contributed by atoms with Crippen molar-refractivity contribution in [2.75, 3.05) is 5.32 Å². The van der Waals surface area contributed by atoms with Gasteiger partial charge in [-0.3, -0.25) is 9.48 Å². The van der Waals surface area contributed by atoms with E-state index in [1.165, 1.54) is 10.9 Å². The molecule has 0 atom stereocenters. The highest BCUT2D eigenvalue weighted by atomic mass is 35.5. The van der Waals surface area contributed by atoms with Crippen LogP contribution in [0.3, 0.4) is 0 Å². The van der Waals surface area contributed by atoms with Crippen LogP contribution in [0, 0.1) is 18.3 Å². The molecule has 1 N–H and O–H groups in total. The number of nitrogens with one attached hydrogen (secondary N) is 1. The van der Waals surface area contributed by atoms with Crippen LogP contribution < -0.4 is 5.32 Å². The molecule has 3 rings (SSSR count). The Hall–Kier alpha value is -3.11. The number of hydrogen-bond donors (Lipinski definition) is 1. The number of benzene rings is 1. The van der Waals surface area contributed by atoms with Gasteiger partial charge < -0.3 is 5.32 Å². The quantitative estimate of drug-likeness (QED) is 0.762. The van der Waals surface area contributed by atoms with Crippen molar-refractivity contribution in [3.05, 3.63) is 59.0 Å². The molecule has 126 valence electrons. The molecule has 0 aliphatic heterocycles. The number of nitrogens with zero attached hydrogens (tertiary/aromatic N) is 5. The minimum atomic E-state index is -0.238. The minimum absolute atomic E-state index is 0.197. The number of hydrogen-bond acceptors (Lipinski definition) is 4. The van der Waals surface area contributed by atoms with Gasteiger partial charge in [-0.15, -0.1) is 0 Å². The molecule has 25 heavy (non-hydrogen) atoms. The fourth-order valence-electron chi connectivity index (χ4n) is 2.33. The van der Waals surface area contributed by atoms with Gasteiger partial charge >= 0.3 is 0 Å². The smallest absolute Gasteiger partial charge is 0.227 e. The number of amides is 1. The molecule has 0 fully saturated rings. The van der Waals surface area contributed by atoms with E-state index in [4.69, 9.17) is 11.6 Å². The molecule has 0 aliphatic carbocycles. The van der Waals surface area contributed by atoms with Crippen LogP contribution in [-0.2, 0) is 11.3 Å². The standard InChI is InChI=1S/C17H15ClN6O/c1-12-15(18)11-23(22-12)8-7-16(25)21-17-13(9-19)10-20-24(17)14-5-3-2-4-6-14/h2-6,10-11H,7-8H2,1H3,(H,21,25). The third kappa shape index (κ3) is 3.70. The number of para-hydroxylation sites is 1. The third-order valence-electron chi connectivity index (χ3n) is 3.60. The van der Waals surface area contributed by atoms with Crippen molar-refractivity contribution in [1.82, 2.24) is 19.6 Å². The van der Waals surface area contributed by atoms with E-state index in [-0.39, 0.29) is 12.3 Å². The molecule has 0 saturated heterocycles. The zero-order chi connectivity index (χ0) is 17.8. The zero-order valence-corrected chi connectivity index (χ0v) is 14.2. The van der Waals surface area contributed by atoms with E-state index in [1.807, 2.05) is 36.4 Å². The summed E-state index contributed by atoms with van der Waals surface area (Å²) in [4.78, 5) is 12.3. The van der Waals surface area contributed by atoms with Crippen molar-refractivity contribution in [2.24, 2.45) is 0 Å². The second-order valence-corrected chi connectivity index (χ2v) is 5.80. The maximum absolute atomic E-state index is 12.3. The number of rotatable bonds is 5. The Morgan fingerprint density at radius 3 is 2.76 bits per heavy atom. The summed E-state index contributed by atoms with van der Waals surface area (Å²) in [6.07, 6.45) is 3.31. The highest BCUT2D eigenvalue weighted by Crippen LogP contribution is 2.20. The zero-order valence-electron chi connectivity index (χ0n) is 13.5. The first-order valence-electron chi connectivity index (χ1n) is 7.61. The number of nitriles is 1. The first-order chi connectivity index (χ1) is 12.1. The second-order valence-electron chi connectivity index (χ2n) is 5.39. The molecule has 8 heteroatoms. The van der Waals surface area contributed by atoms with Gasteiger partial charge in [0.2, 0.25) is 5.91 Å². The maximum Gasteiger partial charge on any atom is 0.227 e. The van der Waals surface area contributed by atoms with Gasteiger partial charge in [-0.1, -0.05) is 29.8 Å². The normalized spacial score (nSPS) is 10.4. The fraction of sp³-hybridized carbons (Fsp3) is 0.176. The van der Waals surface area contributed by atoms with Crippen LogP contribution in [-0.4, -0.2) is 25.5 Å². The van der Waals surface area contributed by atoms with Gasteiger partial charge in [0.1, 0.15) is 11.6 Å². The average Bonchev–Trinajstić information content (AvgIpc) is 3.17. The van der Waals surface area contributed by atoms with Gasteiger partial charge in [-0.2, -0.15) is 15.5 Å². The second kappa shape index (κ2) is 7.20. The topological polar surface area (TPSA) is 88.5 Å². The van der Waals surface area contributed by atoms with Gasteiger partial charge in [0.05, 0.1) is 22.6 Å². The van der Waals surface area contributed by atoms with Gasteiger partial charge in [-0.05, 0) is 19.1 Å². The van der Waals surface area contributed by atoms with E-state index in [2.05, 4.69) is 15.5 Å². The lowest BCUT2D eigenvalue weighted by Gasteiger charge is -2.09. The third-order valence-corrected chi connectivity index (χ3v) is 3.97. The Morgan fingerprint density at radius 1 is 1.36 bits per heavy atom. The number of aromatic nitrogens is 4. The van der Waals surface area contributed by atoms with Crippen molar-refractivity contribution < 1.29 is 4.79 Å². The lowest BCUT2D eigenvalue weighted by molar-refractivity contribution is -0.116. The first-order valence-corrected chi connectivity index (χ1v) is 7.99. The van der Waals surface area contributed by atoms with Crippen LogP contribution in [0.15, 0.2) is 42.7 Å². The highest BCUT2D eigenvalue weighted by molar-refractivity contribution is 6.31. The summed E-state index contributed by atoms with van der Waals surface area (Å²) >= 11 is 5.96. The van der Waals surface area contributed by atoms with Crippen LogP contribution in [0.5, 0.6) is 0 Å². The molecule has 7 nitrogen and oxygen atoms in total. The molecule has 0 spiro atoms. The fourth-order valence-corrected chi connectivity index (χ4v) is 2.48. The van der Waals surface area contributed by atoms with Crippen LogP contribution in [0.25, 0.3) is 5.69 Å². The number of aryl methyl sites for hydroxylation is 2. The summed E-state index contributed by atoms with van der Waals surface area (Å²) in [7, 11) is 0. The summed E-state index contributed by atoms with van der Waals surface area (Å²) in [6.45, 7) is 2.19. The maximum atomic E-state index is 12.3. The molecule has 0 radical (unpaired) electrons. The molecule has 0 bridgehead atoms. The van der Waals surface area contributed by atoms with Crippen molar-refractivity contribution >= 4 is 23.3 Å². The van der Waals surface area contributed by atoms with E-state index in [0.717, 1.165) is 11.4 Å². The van der Waals surface area contributed by atoms with Crippen LogP contribution in [0.4, 0.5) is 5.82 Å². The summed E-state index contributed by atoms with van der Waals surface area (Å²) in [5, 5.41) is 21.0. The van der Waals surface area contributed by atoms with Crippen molar-refractivity contribution in [3.63, 3.8) is 0 Å². The van der Waals surface area contributed by atoms with E-state index < -0.39 is 0 Å². The van der Waals surface area contributed by atoms with Crippen molar-refractivity contribution in [2.45, 2.75) is 19.9 Å². The number of carbonyl (C=O) groups is 1.